The first-order chi connectivity index (χ1) is 21.2. The fraction of sp³-hybridized carbons (Fsp3) is 0.794. The van der Waals surface area contributed by atoms with Gasteiger partial charge in [0.15, 0.2) is 0 Å². The molecule has 44 heavy (non-hydrogen) atoms. The molecule has 1 aromatic heterocycles. The van der Waals surface area contributed by atoms with Crippen LogP contribution in [0.15, 0.2) is 11.5 Å². The third-order valence-electron chi connectivity index (χ3n) is 11.1. The second-order valence-electron chi connectivity index (χ2n) is 13.9. The smallest absolute Gasteiger partial charge is 0.410 e. The van der Waals surface area contributed by atoms with Crippen LogP contribution in [0.4, 0.5) is 4.79 Å². The number of carbonyl (C=O) groups excluding carboxylic acids is 2. The van der Waals surface area contributed by atoms with Gasteiger partial charge in [-0.15, -0.1) is 0 Å². The highest BCUT2D eigenvalue weighted by atomic mass is 16.6. The summed E-state index contributed by atoms with van der Waals surface area (Å²) in [5, 5.41) is 4.26. The zero-order valence-corrected chi connectivity index (χ0v) is 27.8. The van der Waals surface area contributed by atoms with Crippen molar-refractivity contribution in [2.24, 2.45) is 17.0 Å². The van der Waals surface area contributed by atoms with Crippen LogP contribution in [0.5, 0.6) is 0 Å². The summed E-state index contributed by atoms with van der Waals surface area (Å²) in [6.45, 7) is 15.8. The van der Waals surface area contributed by atoms with E-state index in [9.17, 15) is 9.59 Å². The van der Waals surface area contributed by atoms with E-state index >= 15 is 0 Å². The lowest BCUT2D eigenvalue weighted by molar-refractivity contribution is -0.134. The van der Waals surface area contributed by atoms with Gasteiger partial charge in [0.25, 0.3) is 5.91 Å². The summed E-state index contributed by atoms with van der Waals surface area (Å²) in [5.74, 6) is 0.906. The SMILES string of the molecule is CCCC[C@H]1CN(CC2CCC(=NOCC)CC2)C(=O)OC12CCN(C1(C)CCN(C(=O)c3c(C)ncnc3C)CC1)CC2. The van der Waals surface area contributed by atoms with Gasteiger partial charge in [0.05, 0.1) is 22.7 Å². The molecule has 0 N–H and O–H groups in total. The van der Waals surface area contributed by atoms with Crippen molar-refractivity contribution in [2.75, 3.05) is 45.9 Å². The van der Waals surface area contributed by atoms with E-state index in [0.717, 1.165) is 127 Å². The van der Waals surface area contributed by atoms with Crippen LogP contribution in [0.25, 0.3) is 0 Å². The number of carbonyl (C=O) groups is 2. The Balaban J connectivity index is 1.17. The number of likely N-dealkylation sites (tertiary alicyclic amines) is 2. The van der Waals surface area contributed by atoms with Crippen molar-refractivity contribution in [3.05, 3.63) is 23.3 Å². The molecule has 1 aliphatic carbocycles. The lowest BCUT2D eigenvalue weighted by Gasteiger charge is -2.55. The number of amides is 2. The first kappa shape index (κ1) is 32.6. The van der Waals surface area contributed by atoms with Crippen molar-refractivity contribution in [2.45, 2.75) is 116 Å². The molecule has 5 rings (SSSR count). The van der Waals surface area contributed by atoms with Gasteiger partial charge < -0.3 is 19.4 Å². The fourth-order valence-corrected chi connectivity index (χ4v) is 8.04. The Bertz CT molecular complexity index is 1160. The monoisotopic (exact) mass is 610 g/mol. The summed E-state index contributed by atoms with van der Waals surface area (Å²) in [6.07, 6.45) is 12.5. The molecule has 1 saturated carbocycles. The zero-order chi connectivity index (χ0) is 31.3. The van der Waals surface area contributed by atoms with E-state index in [-0.39, 0.29) is 23.1 Å². The second kappa shape index (κ2) is 14.1. The minimum atomic E-state index is -0.363. The van der Waals surface area contributed by atoms with Crippen LogP contribution in [0.3, 0.4) is 0 Å². The molecule has 2 amide bonds. The number of oxime groups is 1. The molecule has 0 aromatic carbocycles. The Morgan fingerprint density at radius 3 is 2.32 bits per heavy atom. The number of aromatic nitrogens is 2. The maximum Gasteiger partial charge on any atom is 0.410 e. The predicted octanol–water partition coefficient (Wildman–Crippen LogP) is 5.76. The van der Waals surface area contributed by atoms with Gasteiger partial charge in [0, 0.05) is 63.6 Å². The Kier molecular flexibility index (Phi) is 10.5. The van der Waals surface area contributed by atoms with Gasteiger partial charge in [0.2, 0.25) is 0 Å². The molecule has 3 saturated heterocycles. The number of aryl methyl sites for hydroxylation is 2. The van der Waals surface area contributed by atoms with Crippen LogP contribution in [0.2, 0.25) is 0 Å². The zero-order valence-electron chi connectivity index (χ0n) is 27.8. The van der Waals surface area contributed by atoms with E-state index in [0.29, 0.717) is 24.0 Å². The largest absolute Gasteiger partial charge is 0.442 e. The molecule has 4 aliphatic rings. The first-order valence-electron chi connectivity index (χ1n) is 17.2. The molecule has 3 aliphatic heterocycles. The molecule has 1 aromatic rings. The first-order valence-corrected chi connectivity index (χ1v) is 17.2. The van der Waals surface area contributed by atoms with Crippen LogP contribution in [0, 0.1) is 25.7 Å². The third kappa shape index (κ3) is 7.05. The highest BCUT2D eigenvalue weighted by Crippen LogP contribution is 2.43. The van der Waals surface area contributed by atoms with Crippen molar-refractivity contribution < 1.29 is 19.2 Å². The standard InChI is InChI=1S/C34H54N6O4/c1-6-8-9-28-23-39(22-27-10-12-29(13-11-27)37-43-7-2)32(42)44-34(28)16-20-40(21-17-34)33(5)14-18-38(19-15-33)31(41)30-25(3)35-24-36-26(30)4/h24,27-28H,6-23H2,1-5H3/t27?,28-/m0/s1. The normalized spacial score (nSPS) is 25.6. The van der Waals surface area contributed by atoms with E-state index in [1.807, 2.05) is 30.6 Å². The number of nitrogens with zero attached hydrogens (tertiary/aromatic N) is 6. The minimum Gasteiger partial charge on any atom is -0.442 e. The van der Waals surface area contributed by atoms with E-state index in [1.165, 1.54) is 6.33 Å². The Hall–Kier alpha value is -2.75. The quantitative estimate of drug-likeness (QED) is 0.328. The lowest BCUT2D eigenvalue weighted by atomic mass is 9.74. The number of unbranched alkanes of at least 4 members (excludes halogenated alkanes) is 1. The summed E-state index contributed by atoms with van der Waals surface area (Å²) in [6, 6.07) is 0. The molecule has 0 radical (unpaired) electrons. The molecule has 0 unspecified atom stereocenters. The number of ether oxygens (including phenoxy) is 1. The lowest BCUT2D eigenvalue weighted by Crippen LogP contribution is -2.64. The summed E-state index contributed by atoms with van der Waals surface area (Å²) in [7, 11) is 0. The maximum atomic E-state index is 13.5. The van der Waals surface area contributed by atoms with Crippen molar-refractivity contribution >= 4 is 17.7 Å². The molecule has 1 atom stereocenters. The van der Waals surface area contributed by atoms with E-state index in [1.54, 1.807) is 0 Å². The van der Waals surface area contributed by atoms with Crippen LogP contribution in [-0.2, 0) is 9.57 Å². The highest BCUT2D eigenvalue weighted by Gasteiger charge is 2.51. The number of hydrogen-bond acceptors (Lipinski definition) is 8. The average molecular weight is 611 g/mol. The van der Waals surface area contributed by atoms with Crippen LogP contribution >= 0.6 is 0 Å². The van der Waals surface area contributed by atoms with Gasteiger partial charge >= 0.3 is 6.09 Å². The molecular formula is C34H54N6O4. The Labute approximate surface area is 263 Å². The van der Waals surface area contributed by atoms with Gasteiger partial charge in [-0.2, -0.15) is 0 Å². The Morgan fingerprint density at radius 1 is 1.05 bits per heavy atom. The third-order valence-corrected chi connectivity index (χ3v) is 11.1. The molecule has 4 fully saturated rings. The molecule has 10 heteroatoms. The number of rotatable bonds is 9. The Morgan fingerprint density at radius 2 is 1.70 bits per heavy atom. The maximum absolute atomic E-state index is 13.5. The van der Waals surface area contributed by atoms with Crippen LogP contribution in [0.1, 0.15) is 113 Å². The summed E-state index contributed by atoms with van der Waals surface area (Å²) < 4.78 is 6.49. The van der Waals surface area contributed by atoms with Gasteiger partial charge in [-0.1, -0.05) is 24.9 Å². The van der Waals surface area contributed by atoms with E-state index in [4.69, 9.17) is 9.57 Å². The molecule has 10 nitrogen and oxygen atoms in total. The van der Waals surface area contributed by atoms with Gasteiger partial charge in [-0.3, -0.25) is 9.69 Å². The molecule has 244 valence electrons. The number of piperidine rings is 2. The second-order valence-corrected chi connectivity index (χ2v) is 13.9. The van der Waals surface area contributed by atoms with Crippen LogP contribution < -0.4 is 0 Å². The summed E-state index contributed by atoms with van der Waals surface area (Å²) in [5.41, 5.74) is 2.96. The molecular weight excluding hydrogens is 556 g/mol. The highest BCUT2D eigenvalue weighted by molar-refractivity contribution is 5.96. The van der Waals surface area contributed by atoms with E-state index < -0.39 is 0 Å². The fourth-order valence-electron chi connectivity index (χ4n) is 8.04. The molecule has 1 spiro atoms. The molecule has 0 bridgehead atoms. The minimum absolute atomic E-state index is 0.0323. The van der Waals surface area contributed by atoms with Gasteiger partial charge in [0.1, 0.15) is 18.5 Å². The number of hydrogen-bond donors (Lipinski definition) is 0. The average Bonchev–Trinajstić information content (AvgIpc) is 3.02. The summed E-state index contributed by atoms with van der Waals surface area (Å²) >= 11 is 0. The van der Waals surface area contributed by atoms with Crippen molar-refractivity contribution in [1.29, 1.82) is 0 Å². The van der Waals surface area contributed by atoms with E-state index in [2.05, 4.69) is 33.9 Å². The van der Waals surface area contributed by atoms with Crippen molar-refractivity contribution in [3.8, 4) is 0 Å². The van der Waals surface area contributed by atoms with Gasteiger partial charge in [-0.25, -0.2) is 14.8 Å². The topological polar surface area (TPSA) is 100 Å². The summed E-state index contributed by atoms with van der Waals surface area (Å²) in [4.78, 5) is 47.2. The van der Waals surface area contributed by atoms with Crippen molar-refractivity contribution in [3.63, 3.8) is 0 Å². The van der Waals surface area contributed by atoms with Crippen LogP contribution in [-0.4, -0.2) is 99.4 Å². The predicted molar refractivity (Wildman–Crippen MR) is 171 cm³/mol. The van der Waals surface area contributed by atoms with Gasteiger partial charge in [-0.05, 0) is 78.6 Å². The van der Waals surface area contributed by atoms with Crippen molar-refractivity contribution in [1.82, 2.24) is 24.7 Å². The molecule has 4 heterocycles.